The van der Waals surface area contributed by atoms with Gasteiger partial charge in [0.25, 0.3) is 0 Å². The molecule has 27 heavy (non-hydrogen) atoms. The van der Waals surface area contributed by atoms with Gasteiger partial charge in [-0.25, -0.2) is 9.18 Å². The summed E-state index contributed by atoms with van der Waals surface area (Å²) in [6.07, 6.45) is 5.01. The van der Waals surface area contributed by atoms with E-state index >= 15 is 0 Å². The molecular formula is C20H27FN2O4. The van der Waals surface area contributed by atoms with Crippen molar-refractivity contribution in [3.63, 3.8) is 0 Å². The molecule has 2 atom stereocenters. The van der Waals surface area contributed by atoms with E-state index in [9.17, 15) is 9.18 Å². The highest BCUT2D eigenvalue weighted by Crippen LogP contribution is 2.35. The number of hydrogen-bond donors (Lipinski definition) is 2. The molecule has 1 saturated carbocycles. The highest BCUT2D eigenvalue weighted by molar-refractivity contribution is 5.75. The van der Waals surface area contributed by atoms with Gasteiger partial charge in [0.15, 0.2) is 5.79 Å². The van der Waals surface area contributed by atoms with Crippen molar-refractivity contribution in [1.29, 1.82) is 0 Å². The predicted octanol–water partition coefficient (Wildman–Crippen LogP) is 3.03. The second kappa shape index (κ2) is 8.12. The first-order valence-corrected chi connectivity index (χ1v) is 9.86. The number of urea groups is 1. The second-order valence-corrected chi connectivity index (χ2v) is 7.58. The molecule has 0 bridgehead atoms. The first-order chi connectivity index (χ1) is 13.1. The van der Waals surface area contributed by atoms with Crippen LogP contribution < -0.4 is 10.6 Å². The quantitative estimate of drug-likeness (QED) is 0.845. The van der Waals surface area contributed by atoms with E-state index in [2.05, 4.69) is 10.6 Å². The average molecular weight is 378 g/mol. The van der Waals surface area contributed by atoms with Crippen molar-refractivity contribution in [1.82, 2.24) is 10.6 Å². The first-order valence-electron chi connectivity index (χ1n) is 9.86. The predicted molar refractivity (Wildman–Crippen MR) is 96.7 cm³/mol. The zero-order chi connectivity index (χ0) is 18.7. The fraction of sp³-hybridized carbons (Fsp3) is 0.650. The number of nitrogens with one attached hydrogen (secondary N) is 2. The van der Waals surface area contributed by atoms with Crippen molar-refractivity contribution >= 4 is 6.03 Å². The van der Waals surface area contributed by atoms with Gasteiger partial charge < -0.3 is 24.8 Å². The van der Waals surface area contributed by atoms with Crippen LogP contribution in [0.5, 0.6) is 0 Å². The fourth-order valence-corrected chi connectivity index (χ4v) is 4.28. The Hall–Kier alpha value is -1.70. The van der Waals surface area contributed by atoms with E-state index in [0.717, 1.165) is 44.1 Å². The van der Waals surface area contributed by atoms with Gasteiger partial charge in [0, 0.05) is 25.5 Å². The molecule has 4 rings (SSSR count). The van der Waals surface area contributed by atoms with Crippen molar-refractivity contribution in [2.45, 2.75) is 62.5 Å². The van der Waals surface area contributed by atoms with Crippen molar-refractivity contribution in [2.75, 3.05) is 19.8 Å². The van der Waals surface area contributed by atoms with Crippen LogP contribution in [0, 0.1) is 5.82 Å². The van der Waals surface area contributed by atoms with E-state index in [1.54, 1.807) is 12.1 Å². The third-order valence-corrected chi connectivity index (χ3v) is 5.75. The summed E-state index contributed by atoms with van der Waals surface area (Å²) in [5, 5.41) is 6.11. The summed E-state index contributed by atoms with van der Waals surface area (Å²) >= 11 is 0. The van der Waals surface area contributed by atoms with Crippen molar-refractivity contribution < 1.29 is 23.4 Å². The average Bonchev–Trinajstić information content (AvgIpc) is 3.35. The van der Waals surface area contributed by atoms with Crippen LogP contribution in [0.25, 0.3) is 0 Å². The Morgan fingerprint density at radius 3 is 2.41 bits per heavy atom. The topological polar surface area (TPSA) is 68.8 Å². The highest BCUT2D eigenvalue weighted by Gasteiger charge is 2.40. The van der Waals surface area contributed by atoms with Crippen LogP contribution in [0.3, 0.4) is 0 Å². The first kappa shape index (κ1) is 18.7. The Balaban J connectivity index is 1.35. The van der Waals surface area contributed by atoms with E-state index in [1.165, 1.54) is 12.1 Å². The number of carbonyl (C=O) groups is 1. The number of halogens is 1. The molecule has 2 heterocycles. The lowest BCUT2D eigenvalue weighted by molar-refractivity contribution is -0.179. The minimum absolute atomic E-state index is 0.0869. The van der Waals surface area contributed by atoms with Gasteiger partial charge in [-0.15, -0.1) is 0 Å². The molecule has 7 heteroatoms. The van der Waals surface area contributed by atoms with Gasteiger partial charge in [0.05, 0.1) is 25.4 Å². The standard InChI is InChI=1S/C20H27FN2O4/c21-15-5-3-14(4-6-15)18(17-2-1-11-25-17)23-19(24)22-16-7-9-20(10-8-16)26-12-13-27-20/h3-6,16-18H,1-2,7-13H2,(H2,22,23,24)/t17-,18+/m0/s1. The lowest BCUT2D eigenvalue weighted by atomic mass is 9.90. The van der Waals surface area contributed by atoms with Gasteiger partial charge in [0.1, 0.15) is 5.82 Å². The normalized spacial score (nSPS) is 26.2. The van der Waals surface area contributed by atoms with Gasteiger partial charge >= 0.3 is 6.03 Å². The number of hydrogen-bond acceptors (Lipinski definition) is 4. The van der Waals surface area contributed by atoms with E-state index in [-0.39, 0.29) is 30.0 Å². The number of rotatable bonds is 4. The van der Waals surface area contributed by atoms with E-state index in [0.29, 0.717) is 19.8 Å². The zero-order valence-electron chi connectivity index (χ0n) is 15.4. The maximum absolute atomic E-state index is 13.3. The van der Waals surface area contributed by atoms with Crippen molar-refractivity contribution in [3.8, 4) is 0 Å². The van der Waals surface area contributed by atoms with Gasteiger partial charge in [-0.05, 0) is 43.4 Å². The highest BCUT2D eigenvalue weighted by atomic mass is 19.1. The molecule has 2 amide bonds. The summed E-state index contributed by atoms with van der Waals surface area (Å²) in [6.45, 7) is 2.00. The van der Waals surface area contributed by atoms with Crippen molar-refractivity contribution in [3.05, 3.63) is 35.6 Å². The Morgan fingerprint density at radius 1 is 1.07 bits per heavy atom. The van der Waals surface area contributed by atoms with E-state index < -0.39 is 5.79 Å². The summed E-state index contributed by atoms with van der Waals surface area (Å²) in [4.78, 5) is 12.6. The molecule has 148 valence electrons. The number of amides is 2. The summed E-state index contributed by atoms with van der Waals surface area (Å²) in [7, 11) is 0. The second-order valence-electron chi connectivity index (χ2n) is 7.58. The summed E-state index contributed by atoms with van der Waals surface area (Å²) < 4.78 is 30.5. The zero-order valence-corrected chi connectivity index (χ0v) is 15.4. The Kier molecular flexibility index (Phi) is 5.61. The van der Waals surface area contributed by atoms with E-state index in [1.807, 2.05) is 0 Å². The smallest absolute Gasteiger partial charge is 0.315 e. The van der Waals surface area contributed by atoms with Crippen LogP contribution in [-0.4, -0.2) is 43.8 Å². The third-order valence-electron chi connectivity index (χ3n) is 5.75. The number of benzene rings is 1. The molecule has 2 saturated heterocycles. The van der Waals surface area contributed by atoms with Crippen LogP contribution in [0.15, 0.2) is 24.3 Å². The third kappa shape index (κ3) is 4.42. The van der Waals surface area contributed by atoms with E-state index in [4.69, 9.17) is 14.2 Å². The number of carbonyl (C=O) groups excluding carboxylic acids is 1. The Labute approximate surface area is 158 Å². The van der Waals surface area contributed by atoms with Crippen LogP contribution in [-0.2, 0) is 14.2 Å². The molecular weight excluding hydrogens is 351 g/mol. The molecule has 1 aromatic carbocycles. The SMILES string of the molecule is O=C(NC1CCC2(CC1)OCCO2)N[C@H](c1ccc(F)cc1)[C@@H]1CCCO1. The van der Waals surface area contributed by atoms with Gasteiger partial charge in [-0.3, -0.25) is 0 Å². The molecule has 2 aliphatic heterocycles. The van der Waals surface area contributed by atoms with Crippen LogP contribution in [0.1, 0.15) is 50.1 Å². The van der Waals surface area contributed by atoms with Crippen LogP contribution >= 0.6 is 0 Å². The molecule has 1 aliphatic carbocycles. The van der Waals surface area contributed by atoms with Crippen LogP contribution in [0.2, 0.25) is 0 Å². The van der Waals surface area contributed by atoms with Crippen LogP contribution in [0.4, 0.5) is 9.18 Å². The Morgan fingerprint density at radius 2 is 1.78 bits per heavy atom. The van der Waals surface area contributed by atoms with Crippen molar-refractivity contribution in [2.24, 2.45) is 0 Å². The molecule has 6 nitrogen and oxygen atoms in total. The fourth-order valence-electron chi connectivity index (χ4n) is 4.28. The van der Waals surface area contributed by atoms with Gasteiger partial charge in [0.2, 0.25) is 0 Å². The molecule has 0 unspecified atom stereocenters. The summed E-state index contributed by atoms with van der Waals surface area (Å²) in [5.74, 6) is -0.718. The lowest BCUT2D eigenvalue weighted by Crippen LogP contribution is -2.49. The van der Waals surface area contributed by atoms with Gasteiger partial charge in [-0.1, -0.05) is 12.1 Å². The number of ether oxygens (including phenoxy) is 3. The maximum Gasteiger partial charge on any atom is 0.315 e. The minimum atomic E-state index is -0.428. The Bertz CT molecular complexity index is 632. The molecule has 1 aromatic rings. The molecule has 0 radical (unpaired) electrons. The molecule has 0 aromatic heterocycles. The lowest BCUT2D eigenvalue weighted by Gasteiger charge is -2.36. The molecule has 3 aliphatic rings. The molecule has 1 spiro atoms. The molecule has 2 N–H and O–H groups in total. The minimum Gasteiger partial charge on any atom is -0.376 e. The largest absolute Gasteiger partial charge is 0.376 e. The summed E-state index contributed by atoms with van der Waals surface area (Å²) in [5.41, 5.74) is 0.855. The maximum atomic E-state index is 13.3. The monoisotopic (exact) mass is 378 g/mol. The van der Waals surface area contributed by atoms with Gasteiger partial charge in [-0.2, -0.15) is 0 Å². The molecule has 3 fully saturated rings. The summed E-state index contributed by atoms with van der Waals surface area (Å²) in [6, 6.07) is 5.85.